The van der Waals surface area contributed by atoms with E-state index in [1.54, 1.807) is 17.5 Å². The highest BCUT2D eigenvalue weighted by Gasteiger charge is 2.30. The molecule has 0 spiro atoms. The highest BCUT2D eigenvalue weighted by Crippen LogP contribution is 2.31. The maximum atomic E-state index is 12.6. The molecule has 2 rings (SSSR count). The number of thiophene rings is 1. The van der Waals surface area contributed by atoms with Gasteiger partial charge < -0.3 is 4.74 Å². The van der Waals surface area contributed by atoms with Gasteiger partial charge in [0.25, 0.3) is 5.91 Å². The number of halogens is 3. The molecule has 0 saturated carbocycles. The first-order valence-corrected chi connectivity index (χ1v) is 8.58. The van der Waals surface area contributed by atoms with Crippen molar-refractivity contribution >= 4 is 28.9 Å². The van der Waals surface area contributed by atoms with Crippen molar-refractivity contribution in [1.82, 2.24) is 10.9 Å². The van der Waals surface area contributed by atoms with Gasteiger partial charge in [0.15, 0.2) is 12.4 Å². The van der Waals surface area contributed by atoms with E-state index >= 15 is 0 Å². The van der Waals surface area contributed by atoms with Crippen LogP contribution in [0.4, 0.5) is 13.2 Å². The van der Waals surface area contributed by atoms with Gasteiger partial charge in [-0.25, -0.2) is 0 Å². The Hall–Kier alpha value is -2.88. The number of ketones is 1. The normalized spacial score (nSPS) is 10.9. The van der Waals surface area contributed by atoms with Crippen molar-refractivity contribution in [2.45, 2.75) is 19.0 Å². The van der Waals surface area contributed by atoms with Crippen molar-refractivity contribution in [1.29, 1.82) is 0 Å². The number of hydrazine groups is 1. The third-order valence-electron chi connectivity index (χ3n) is 3.25. The van der Waals surface area contributed by atoms with Gasteiger partial charge in [-0.15, -0.1) is 11.3 Å². The molecule has 0 fully saturated rings. The summed E-state index contributed by atoms with van der Waals surface area (Å²) in [6, 6.07) is 7.45. The first-order chi connectivity index (χ1) is 12.8. The number of ether oxygens (including phenoxy) is 1. The Morgan fingerprint density at radius 1 is 1.00 bits per heavy atom. The smallest absolute Gasteiger partial charge is 0.416 e. The number of amides is 2. The Balaban J connectivity index is 1.70. The molecule has 0 aliphatic rings. The summed E-state index contributed by atoms with van der Waals surface area (Å²) in [4.78, 5) is 35.5. The number of carbonyl (C=O) groups excluding carboxylic acids is 3. The monoisotopic (exact) mass is 400 g/mol. The average Bonchev–Trinajstić information content (AvgIpc) is 3.17. The van der Waals surface area contributed by atoms with Gasteiger partial charge in [0.2, 0.25) is 5.91 Å². The predicted octanol–water partition coefficient (Wildman–Crippen LogP) is 2.96. The largest absolute Gasteiger partial charge is 0.484 e. The van der Waals surface area contributed by atoms with E-state index in [1.807, 2.05) is 0 Å². The summed E-state index contributed by atoms with van der Waals surface area (Å²) in [5, 5.41) is 1.75. The maximum absolute atomic E-state index is 12.6. The van der Waals surface area contributed by atoms with E-state index in [4.69, 9.17) is 4.74 Å². The molecule has 0 saturated heterocycles. The Labute approximate surface area is 156 Å². The third-order valence-corrected chi connectivity index (χ3v) is 4.16. The van der Waals surface area contributed by atoms with E-state index in [0.717, 1.165) is 18.2 Å². The molecule has 0 aliphatic heterocycles. The van der Waals surface area contributed by atoms with Crippen LogP contribution in [0, 0.1) is 0 Å². The van der Waals surface area contributed by atoms with Crippen molar-refractivity contribution in [3.8, 4) is 5.75 Å². The van der Waals surface area contributed by atoms with Gasteiger partial charge in [-0.2, -0.15) is 13.2 Å². The zero-order chi connectivity index (χ0) is 19.9. The molecule has 2 aromatic rings. The van der Waals surface area contributed by atoms with Gasteiger partial charge in [-0.05, 0) is 29.6 Å². The van der Waals surface area contributed by atoms with Gasteiger partial charge in [-0.1, -0.05) is 12.1 Å². The summed E-state index contributed by atoms with van der Waals surface area (Å²) in [5.74, 6) is -1.65. The summed E-state index contributed by atoms with van der Waals surface area (Å²) in [6.07, 6.45) is -4.65. The topological polar surface area (TPSA) is 84.5 Å². The molecule has 1 heterocycles. The van der Waals surface area contributed by atoms with Crippen LogP contribution in [0.15, 0.2) is 41.8 Å². The molecule has 0 aliphatic carbocycles. The molecule has 2 N–H and O–H groups in total. The van der Waals surface area contributed by atoms with Gasteiger partial charge in [-0.3, -0.25) is 25.2 Å². The van der Waals surface area contributed by atoms with Crippen molar-refractivity contribution in [3.63, 3.8) is 0 Å². The Kier molecular flexibility index (Phi) is 6.94. The lowest BCUT2D eigenvalue weighted by Gasteiger charge is -2.11. The van der Waals surface area contributed by atoms with E-state index in [2.05, 4.69) is 10.9 Å². The van der Waals surface area contributed by atoms with Crippen molar-refractivity contribution in [2.75, 3.05) is 6.61 Å². The first-order valence-electron chi connectivity index (χ1n) is 7.70. The minimum atomic E-state index is -4.52. The van der Waals surface area contributed by atoms with Crippen LogP contribution in [0.5, 0.6) is 5.75 Å². The summed E-state index contributed by atoms with van der Waals surface area (Å²) in [7, 11) is 0. The molecule has 6 nitrogen and oxygen atoms in total. The number of rotatable bonds is 7. The minimum Gasteiger partial charge on any atom is -0.484 e. The van der Waals surface area contributed by atoms with Crippen molar-refractivity contribution < 1.29 is 32.3 Å². The van der Waals surface area contributed by atoms with E-state index in [-0.39, 0.29) is 24.4 Å². The molecule has 1 aromatic heterocycles. The van der Waals surface area contributed by atoms with E-state index in [1.165, 1.54) is 17.4 Å². The fourth-order valence-electron chi connectivity index (χ4n) is 1.94. The molecule has 0 bridgehead atoms. The molecule has 0 radical (unpaired) electrons. The summed E-state index contributed by atoms with van der Waals surface area (Å²) in [5.41, 5.74) is 3.27. The van der Waals surface area contributed by atoms with Crippen LogP contribution in [-0.2, 0) is 15.8 Å². The number of hydrogen-bond donors (Lipinski definition) is 2. The predicted molar refractivity (Wildman–Crippen MR) is 91.1 cm³/mol. The Morgan fingerprint density at radius 2 is 1.74 bits per heavy atom. The number of benzene rings is 1. The Morgan fingerprint density at radius 3 is 2.41 bits per heavy atom. The third kappa shape index (κ3) is 6.74. The second-order valence-corrected chi connectivity index (χ2v) is 6.26. The Bertz CT molecular complexity index is 807. The summed E-state index contributed by atoms with van der Waals surface area (Å²) >= 11 is 1.27. The van der Waals surface area contributed by atoms with Crippen molar-refractivity contribution in [3.05, 3.63) is 52.2 Å². The van der Waals surface area contributed by atoms with Crippen molar-refractivity contribution in [2.24, 2.45) is 0 Å². The quantitative estimate of drug-likeness (QED) is 0.553. The van der Waals surface area contributed by atoms with Gasteiger partial charge >= 0.3 is 6.18 Å². The molecule has 0 atom stereocenters. The zero-order valence-electron chi connectivity index (χ0n) is 13.8. The van der Waals surface area contributed by atoms with Crippen LogP contribution >= 0.6 is 11.3 Å². The molecule has 2 amide bonds. The van der Waals surface area contributed by atoms with Gasteiger partial charge in [0.05, 0.1) is 10.4 Å². The number of Topliss-reactive ketones (excluding diaryl/α,β-unsaturated/α-hetero) is 1. The lowest BCUT2D eigenvalue weighted by molar-refractivity contribution is -0.137. The fourth-order valence-corrected chi connectivity index (χ4v) is 2.63. The molecule has 144 valence electrons. The molecule has 1 aromatic carbocycles. The van der Waals surface area contributed by atoms with Crippen LogP contribution < -0.4 is 15.6 Å². The van der Waals surface area contributed by atoms with Gasteiger partial charge in [0, 0.05) is 12.8 Å². The number of hydrogen-bond acceptors (Lipinski definition) is 5. The van der Waals surface area contributed by atoms with Crippen LogP contribution in [0.2, 0.25) is 0 Å². The molecular weight excluding hydrogens is 385 g/mol. The van der Waals surface area contributed by atoms with E-state index in [0.29, 0.717) is 4.88 Å². The highest BCUT2D eigenvalue weighted by atomic mass is 32.1. The standard InChI is InChI=1S/C17H15F3N2O4S/c18-17(19,20)11-3-1-4-12(9-11)26-10-16(25)22-21-15(24)7-6-13(23)14-5-2-8-27-14/h1-5,8-9H,6-7,10H2,(H,21,24)(H,22,25). The number of alkyl halides is 3. The number of carbonyl (C=O) groups is 3. The molecule has 27 heavy (non-hydrogen) atoms. The SMILES string of the molecule is O=C(CCC(=O)c1cccs1)NNC(=O)COc1cccc(C(F)(F)F)c1. The van der Waals surface area contributed by atoms with E-state index < -0.39 is 30.2 Å². The van der Waals surface area contributed by atoms with Crippen LogP contribution in [-0.4, -0.2) is 24.2 Å². The lowest BCUT2D eigenvalue weighted by Crippen LogP contribution is -2.43. The maximum Gasteiger partial charge on any atom is 0.416 e. The minimum absolute atomic E-state index is 0.0110. The highest BCUT2D eigenvalue weighted by molar-refractivity contribution is 7.12. The van der Waals surface area contributed by atoms with Crippen LogP contribution in [0.1, 0.15) is 28.1 Å². The average molecular weight is 400 g/mol. The second-order valence-electron chi connectivity index (χ2n) is 5.31. The molecule has 0 unspecified atom stereocenters. The van der Waals surface area contributed by atoms with E-state index in [9.17, 15) is 27.6 Å². The summed E-state index contributed by atoms with van der Waals surface area (Å²) in [6.45, 7) is -0.588. The van der Waals surface area contributed by atoms with Crippen LogP contribution in [0.3, 0.4) is 0 Å². The first kappa shape index (κ1) is 20.4. The van der Waals surface area contributed by atoms with Gasteiger partial charge in [0.1, 0.15) is 5.75 Å². The summed E-state index contributed by atoms with van der Waals surface area (Å²) < 4.78 is 42.7. The molecular formula is C17H15F3N2O4S. The lowest BCUT2D eigenvalue weighted by atomic mass is 10.2. The number of nitrogens with one attached hydrogen (secondary N) is 2. The van der Waals surface area contributed by atoms with Crippen LogP contribution in [0.25, 0.3) is 0 Å². The fraction of sp³-hybridized carbons (Fsp3) is 0.235. The molecule has 10 heteroatoms. The zero-order valence-corrected chi connectivity index (χ0v) is 14.7. The second kappa shape index (κ2) is 9.17.